The van der Waals surface area contributed by atoms with Crippen LogP contribution in [0.15, 0.2) is 6.07 Å². The number of hydrogen-bond acceptors (Lipinski definition) is 4. The van der Waals surface area contributed by atoms with Crippen molar-refractivity contribution in [1.29, 1.82) is 0 Å². The van der Waals surface area contributed by atoms with Gasteiger partial charge in [-0.05, 0) is 30.9 Å². The van der Waals surface area contributed by atoms with Crippen molar-refractivity contribution in [2.45, 2.75) is 25.3 Å². The highest BCUT2D eigenvalue weighted by molar-refractivity contribution is 7.16. The number of anilines is 1. The van der Waals surface area contributed by atoms with Crippen LogP contribution in [-0.4, -0.2) is 31.7 Å². The van der Waals surface area contributed by atoms with Gasteiger partial charge in [0.25, 0.3) is 0 Å². The Balaban J connectivity index is 1.87. The Labute approximate surface area is 104 Å². The van der Waals surface area contributed by atoms with E-state index in [1.165, 1.54) is 34.7 Å². The molecule has 1 amide bonds. The van der Waals surface area contributed by atoms with E-state index in [0.29, 0.717) is 13.2 Å². The third-order valence-corrected chi connectivity index (χ3v) is 4.75. The standard InChI is InChI=1S/C12H16N2O2S/c13-12(15)9-7-16-5-4-14(9)11-6-8-2-1-3-10(8)17-11/h6,9H,1-5,7H2,(H2,13,15). The number of thiophene rings is 1. The molecular weight excluding hydrogens is 236 g/mol. The number of nitrogens with two attached hydrogens (primary N) is 1. The van der Waals surface area contributed by atoms with Gasteiger partial charge in [-0.2, -0.15) is 0 Å². The molecule has 3 rings (SSSR count). The molecule has 1 aliphatic heterocycles. The van der Waals surface area contributed by atoms with Crippen LogP contribution in [0.25, 0.3) is 0 Å². The summed E-state index contributed by atoms with van der Waals surface area (Å²) in [5.74, 6) is -0.293. The molecule has 92 valence electrons. The first-order valence-electron chi connectivity index (χ1n) is 6.01. The van der Waals surface area contributed by atoms with E-state index < -0.39 is 0 Å². The molecule has 4 nitrogen and oxygen atoms in total. The summed E-state index contributed by atoms with van der Waals surface area (Å²) in [4.78, 5) is 15.0. The number of primary amides is 1. The number of rotatable bonds is 2. The van der Waals surface area contributed by atoms with Gasteiger partial charge in [0.1, 0.15) is 6.04 Å². The average Bonchev–Trinajstić information content (AvgIpc) is 2.88. The summed E-state index contributed by atoms with van der Waals surface area (Å²) in [6.45, 7) is 1.84. The van der Waals surface area contributed by atoms with Crippen LogP contribution < -0.4 is 10.6 Å². The van der Waals surface area contributed by atoms with Crippen molar-refractivity contribution >= 4 is 22.2 Å². The summed E-state index contributed by atoms with van der Waals surface area (Å²) in [6, 6.07) is 1.93. The van der Waals surface area contributed by atoms with Crippen molar-refractivity contribution < 1.29 is 9.53 Å². The lowest BCUT2D eigenvalue weighted by atomic mass is 10.2. The molecular formula is C12H16N2O2S. The van der Waals surface area contributed by atoms with Crippen molar-refractivity contribution in [1.82, 2.24) is 0 Å². The van der Waals surface area contributed by atoms with Gasteiger partial charge in [0.15, 0.2) is 0 Å². The molecule has 2 heterocycles. The van der Waals surface area contributed by atoms with Gasteiger partial charge in [0.05, 0.1) is 18.2 Å². The van der Waals surface area contributed by atoms with Gasteiger partial charge in [-0.1, -0.05) is 0 Å². The zero-order chi connectivity index (χ0) is 11.8. The Hall–Kier alpha value is -1.07. The van der Waals surface area contributed by atoms with E-state index in [1.807, 2.05) is 11.3 Å². The predicted molar refractivity (Wildman–Crippen MR) is 67.5 cm³/mol. The van der Waals surface area contributed by atoms with Crippen LogP contribution in [0, 0.1) is 0 Å². The zero-order valence-corrected chi connectivity index (χ0v) is 10.5. The van der Waals surface area contributed by atoms with Gasteiger partial charge in [-0.15, -0.1) is 11.3 Å². The Morgan fingerprint density at radius 3 is 3.18 bits per heavy atom. The molecule has 2 aliphatic rings. The second-order valence-corrected chi connectivity index (χ2v) is 5.69. The van der Waals surface area contributed by atoms with Crippen LogP contribution >= 0.6 is 11.3 Å². The van der Waals surface area contributed by atoms with Gasteiger partial charge < -0.3 is 15.4 Å². The fourth-order valence-electron chi connectivity index (χ4n) is 2.56. The van der Waals surface area contributed by atoms with Gasteiger partial charge in [-0.3, -0.25) is 4.79 Å². The molecule has 2 N–H and O–H groups in total. The van der Waals surface area contributed by atoms with Crippen molar-refractivity contribution in [3.8, 4) is 0 Å². The molecule has 1 aromatic rings. The third kappa shape index (κ3) is 1.93. The quantitative estimate of drug-likeness (QED) is 0.852. The van der Waals surface area contributed by atoms with Crippen LogP contribution in [0.1, 0.15) is 16.9 Å². The molecule has 0 saturated carbocycles. The second kappa shape index (κ2) is 4.31. The van der Waals surface area contributed by atoms with Crippen LogP contribution in [0.4, 0.5) is 5.00 Å². The minimum Gasteiger partial charge on any atom is -0.377 e. The normalized spacial score (nSPS) is 23.8. The van der Waals surface area contributed by atoms with E-state index >= 15 is 0 Å². The molecule has 5 heteroatoms. The zero-order valence-electron chi connectivity index (χ0n) is 9.65. The summed E-state index contributed by atoms with van der Waals surface area (Å²) < 4.78 is 5.33. The van der Waals surface area contributed by atoms with Crippen molar-refractivity contribution in [2.75, 3.05) is 24.7 Å². The number of amides is 1. The van der Waals surface area contributed by atoms with Crippen molar-refractivity contribution in [3.05, 3.63) is 16.5 Å². The number of carbonyl (C=O) groups is 1. The highest BCUT2D eigenvalue weighted by Gasteiger charge is 2.30. The summed E-state index contributed by atoms with van der Waals surface area (Å²) in [6.07, 6.45) is 3.63. The third-order valence-electron chi connectivity index (χ3n) is 3.47. The van der Waals surface area contributed by atoms with Crippen LogP contribution in [0.5, 0.6) is 0 Å². The molecule has 0 spiro atoms. The maximum absolute atomic E-state index is 11.4. The number of morpholine rings is 1. The molecule has 0 radical (unpaired) electrons. The molecule has 1 aromatic heterocycles. The molecule has 17 heavy (non-hydrogen) atoms. The number of carbonyl (C=O) groups excluding carboxylic acids is 1. The van der Waals surface area contributed by atoms with E-state index in [1.54, 1.807) is 0 Å². The SMILES string of the molecule is NC(=O)C1COCCN1c1cc2c(s1)CCC2. The molecule has 1 unspecified atom stereocenters. The lowest BCUT2D eigenvalue weighted by molar-refractivity contribution is -0.121. The highest BCUT2D eigenvalue weighted by Crippen LogP contribution is 2.37. The van der Waals surface area contributed by atoms with E-state index in [9.17, 15) is 4.79 Å². The fourth-order valence-corrected chi connectivity index (χ4v) is 3.89. The molecule has 0 aromatic carbocycles. The number of ether oxygens (including phenoxy) is 1. The molecule has 1 saturated heterocycles. The Kier molecular flexibility index (Phi) is 2.80. The second-order valence-electron chi connectivity index (χ2n) is 4.57. The first-order valence-corrected chi connectivity index (χ1v) is 6.82. The van der Waals surface area contributed by atoms with Gasteiger partial charge >= 0.3 is 0 Å². The minimum absolute atomic E-state index is 0.293. The smallest absolute Gasteiger partial charge is 0.242 e. The molecule has 0 bridgehead atoms. The Morgan fingerprint density at radius 2 is 2.41 bits per heavy atom. The van der Waals surface area contributed by atoms with Crippen molar-refractivity contribution in [3.63, 3.8) is 0 Å². The summed E-state index contributed by atoms with van der Waals surface area (Å²) in [7, 11) is 0. The van der Waals surface area contributed by atoms with E-state index in [4.69, 9.17) is 10.5 Å². The number of fused-ring (bicyclic) bond motifs is 1. The van der Waals surface area contributed by atoms with Crippen LogP contribution in [0.3, 0.4) is 0 Å². The van der Waals surface area contributed by atoms with Crippen LogP contribution in [-0.2, 0) is 22.4 Å². The van der Waals surface area contributed by atoms with Gasteiger partial charge in [-0.25, -0.2) is 0 Å². The number of hydrogen-bond donors (Lipinski definition) is 1. The number of aryl methyl sites for hydroxylation is 2. The summed E-state index contributed by atoms with van der Waals surface area (Å²) in [5, 5.41) is 1.18. The Morgan fingerprint density at radius 1 is 1.53 bits per heavy atom. The minimum atomic E-state index is -0.303. The summed E-state index contributed by atoms with van der Waals surface area (Å²) in [5.41, 5.74) is 6.89. The first kappa shape index (κ1) is 11.0. The molecule has 1 atom stereocenters. The number of nitrogens with zero attached hydrogens (tertiary/aromatic N) is 1. The Bertz CT molecular complexity index is 422. The lowest BCUT2D eigenvalue weighted by Gasteiger charge is -2.34. The maximum atomic E-state index is 11.4. The van der Waals surface area contributed by atoms with E-state index in [2.05, 4.69) is 11.0 Å². The highest BCUT2D eigenvalue weighted by atomic mass is 32.1. The topological polar surface area (TPSA) is 55.6 Å². The fraction of sp³-hybridized carbons (Fsp3) is 0.583. The monoisotopic (exact) mass is 252 g/mol. The van der Waals surface area contributed by atoms with Crippen molar-refractivity contribution in [2.24, 2.45) is 5.73 Å². The van der Waals surface area contributed by atoms with Gasteiger partial charge in [0, 0.05) is 11.4 Å². The van der Waals surface area contributed by atoms with Gasteiger partial charge in [0.2, 0.25) is 5.91 Å². The summed E-state index contributed by atoms with van der Waals surface area (Å²) >= 11 is 1.81. The average molecular weight is 252 g/mol. The predicted octanol–water partition coefficient (Wildman–Crippen LogP) is 0.927. The van der Waals surface area contributed by atoms with Crippen LogP contribution in [0.2, 0.25) is 0 Å². The lowest BCUT2D eigenvalue weighted by Crippen LogP contribution is -2.52. The van der Waals surface area contributed by atoms with E-state index in [0.717, 1.165) is 6.54 Å². The first-order chi connectivity index (χ1) is 8.25. The molecule has 1 aliphatic carbocycles. The molecule has 1 fully saturated rings. The van der Waals surface area contributed by atoms with E-state index in [-0.39, 0.29) is 11.9 Å². The largest absolute Gasteiger partial charge is 0.377 e. The maximum Gasteiger partial charge on any atom is 0.242 e.